The average molecular weight is 289 g/mol. The summed E-state index contributed by atoms with van der Waals surface area (Å²) in [5.41, 5.74) is 3.02. The van der Waals surface area contributed by atoms with Gasteiger partial charge < -0.3 is 15.5 Å². The Labute approximate surface area is 127 Å². The van der Waals surface area contributed by atoms with Gasteiger partial charge in [0.1, 0.15) is 0 Å². The third-order valence-corrected chi connectivity index (χ3v) is 4.23. The molecule has 2 rings (SSSR count). The summed E-state index contributed by atoms with van der Waals surface area (Å²) in [5, 5.41) is 6.48. The molecule has 0 bridgehead atoms. The van der Waals surface area contributed by atoms with Crippen LogP contribution < -0.4 is 10.6 Å². The average Bonchev–Trinajstić information content (AvgIpc) is 2.50. The molecule has 1 amide bonds. The number of piperidine rings is 1. The Morgan fingerprint density at radius 2 is 2.00 bits per heavy atom. The van der Waals surface area contributed by atoms with Crippen LogP contribution in [-0.4, -0.2) is 43.0 Å². The van der Waals surface area contributed by atoms with Gasteiger partial charge >= 0.3 is 0 Å². The van der Waals surface area contributed by atoms with Crippen LogP contribution in [0.2, 0.25) is 0 Å². The molecule has 1 aromatic rings. The topological polar surface area (TPSA) is 44.4 Å². The number of nitrogens with zero attached hydrogens (tertiary/aromatic N) is 1. The molecule has 1 aliphatic rings. The quantitative estimate of drug-likeness (QED) is 0.876. The minimum Gasteiger partial charge on any atom is -0.382 e. The number of anilines is 1. The van der Waals surface area contributed by atoms with E-state index in [2.05, 4.69) is 29.4 Å². The van der Waals surface area contributed by atoms with Gasteiger partial charge in [0.25, 0.3) is 5.91 Å². The lowest BCUT2D eigenvalue weighted by atomic mass is 10.0. The Morgan fingerprint density at radius 3 is 2.62 bits per heavy atom. The molecule has 0 atom stereocenters. The molecule has 0 aromatic heterocycles. The first kappa shape index (κ1) is 15.8. The Balaban J connectivity index is 2.02. The second-order valence-corrected chi connectivity index (χ2v) is 5.74. The fraction of sp³-hybridized carbons (Fsp3) is 0.588. The Bertz CT molecular complexity index is 479. The monoisotopic (exact) mass is 289 g/mol. The molecule has 21 heavy (non-hydrogen) atoms. The van der Waals surface area contributed by atoms with Gasteiger partial charge in [-0.1, -0.05) is 13.0 Å². The molecule has 0 radical (unpaired) electrons. The summed E-state index contributed by atoms with van der Waals surface area (Å²) in [7, 11) is 0. The van der Waals surface area contributed by atoms with Gasteiger partial charge in [-0.2, -0.15) is 0 Å². The summed E-state index contributed by atoms with van der Waals surface area (Å²) >= 11 is 0. The van der Waals surface area contributed by atoms with Gasteiger partial charge in [-0.05, 0) is 50.9 Å². The van der Waals surface area contributed by atoms with Crippen LogP contribution in [0.1, 0.15) is 42.6 Å². The second-order valence-electron chi connectivity index (χ2n) is 5.74. The van der Waals surface area contributed by atoms with E-state index in [1.54, 1.807) is 0 Å². The van der Waals surface area contributed by atoms with E-state index in [9.17, 15) is 4.79 Å². The zero-order valence-corrected chi connectivity index (χ0v) is 13.4. The molecule has 0 saturated carbocycles. The molecule has 0 spiro atoms. The van der Waals surface area contributed by atoms with Gasteiger partial charge in [-0.25, -0.2) is 0 Å². The van der Waals surface area contributed by atoms with E-state index in [-0.39, 0.29) is 5.91 Å². The molecule has 1 saturated heterocycles. The van der Waals surface area contributed by atoms with Crippen molar-refractivity contribution >= 4 is 11.6 Å². The van der Waals surface area contributed by atoms with Crippen LogP contribution in [0.15, 0.2) is 18.2 Å². The fourth-order valence-electron chi connectivity index (χ4n) is 2.79. The van der Waals surface area contributed by atoms with Crippen LogP contribution in [0.5, 0.6) is 0 Å². The van der Waals surface area contributed by atoms with Gasteiger partial charge in [0.15, 0.2) is 0 Å². The molecule has 2 N–H and O–H groups in total. The standard InChI is InChI=1S/C17H27N3O/c1-4-18-17(21)14-7-6-13(3)16(12-14)19-15-8-10-20(5-2)11-9-15/h6-7,12,15,19H,4-5,8-11H2,1-3H3,(H,18,21). The number of rotatable bonds is 5. The van der Waals surface area contributed by atoms with Crippen LogP contribution in [0, 0.1) is 6.92 Å². The van der Waals surface area contributed by atoms with Gasteiger partial charge in [0, 0.05) is 36.9 Å². The second kappa shape index (κ2) is 7.46. The molecule has 4 heteroatoms. The van der Waals surface area contributed by atoms with Crippen molar-refractivity contribution in [3.8, 4) is 0 Å². The number of benzene rings is 1. The number of nitrogens with one attached hydrogen (secondary N) is 2. The summed E-state index contributed by atoms with van der Waals surface area (Å²) in [5.74, 6) is 0.00125. The van der Waals surface area contributed by atoms with E-state index in [0.717, 1.165) is 30.9 Å². The van der Waals surface area contributed by atoms with Crippen molar-refractivity contribution < 1.29 is 4.79 Å². The van der Waals surface area contributed by atoms with E-state index >= 15 is 0 Å². The summed E-state index contributed by atoms with van der Waals surface area (Å²) in [6.07, 6.45) is 2.33. The Morgan fingerprint density at radius 1 is 1.29 bits per heavy atom. The minimum atomic E-state index is 0.00125. The van der Waals surface area contributed by atoms with Gasteiger partial charge in [-0.15, -0.1) is 0 Å². The van der Waals surface area contributed by atoms with Crippen LogP contribution in [0.25, 0.3) is 0 Å². The van der Waals surface area contributed by atoms with Crippen LogP contribution in [-0.2, 0) is 0 Å². The lowest BCUT2D eigenvalue weighted by molar-refractivity contribution is 0.0956. The Hall–Kier alpha value is -1.55. The Kier molecular flexibility index (Phi) is 5.62. The van der Waals surface area contributed by atoms with Crippen LogP contribution in [0.3, 0.4) is 0 Å². The smallest absolute Gasteiger partial charge is 0.251 e. The zero-order valence-electron chi connectivity index (χ0n) is 13.4. The number of amides is 1. The predicted octanol–water partition coefficient (Wildman–Crippen LogP) is 2.64. The number of carbonyl (C=O) groups is 1. The van der Waals surface area contributed by atoms with E-state index < -0.39 is 0 Å². The summed E-state index contributed by atoms with van der Waals surface area (Å²) in [6, 6.07) is 6.40. The molecule has 0 aliphatic carbocycles. The van der Waals surface area contributed by atoms with Gasteiger partial charge in [0.2, 0.25) is 0 Å². The summed E-state index contributed by atoms with van der Waals surface area (Å²) < 4.78 is 0. The van der Waals surface area contributed by atoms with Crippen molar-refractivity contribution in [2.45, 2.75) is 39.7 Å². The van der Waals surface area contributed by atoms with Crippen LogP contribution in [0.4, 0.5) is 5.69 Å². The third-order valence-electron chi connectivity index (χ3n) is 4.23. The molecule has 1 aliphatic heterocycles. The highest BCUT2D eigenvalue weighted by atomic mass is 16.1. The number of hydrogen-bond donors (Lipinski definition) is 2. The van der Waals surface area contributed by atoms with E-state index in [0.29, 0.717) is 12.6 Å². The number of carbonyl (C=O) groups excluding carboxylic acids is 1. The van der Waals surface area contributed by atoms with Gasteiger partial charge in [0.05, 0.1) is 0 Å². The SMILES string of the molecule is CCNC(=O)c1ccc(C)c(NC2CCN(CC)CC2)c1. The first-order valence-corrected chi connectivity index (χ1v) is 8.01. The van der Waals surface area contributed by atoms with Crippen molar-refractivity contribution in [3.05, 3.63) is 29.3 Å². The molecular formula is C17H27N3O. The molecule has 0 unspecified atom stereocenters. The van der Waals surface area contributed by atoms with E-state index in [1.165, 1.54) is 18.4 Å². The van der Waals surface area contributed by atoms with E-state index in [1.807, 2.05) is 25.1 Å². The molecular weight excluding hydrogens is 262 g/mol. The first-order chi connectivity index (χ1) is 10.1. The number of aryl methyl sites for hydroxylation is 1. The minimum absolute atomic E-state index is 0.00125. The highest BCUT2D eigenvalue weighted by Gasteiger charge is 2.18. The van der Waals surface area contributed by atoms with Crippen molar-refractivity contribution in [1.29, 1.82) is 0 Å². The lowest BCUT2D eigenvalue weighted by Crippen LogP contribution is -2.39. The van der Waals surface area contributed by atoms with Crippen molar-refractivity contribution in [3.63, 3.8) is 0 Å². The number of likely N-dealkylation sites (tertiary alicyclic amines) is 1. The third kappa shape index (κ3) is 4.21. The van der Waals surface area contributed by atoms with Gasteiger partial charge in [-0.3, -0.25) is 4.79 Å². The van der Waals surface area contributed by atoms with Crippen molar-refractivity contribution in [2.75, 3.05) is 31.5 Å². The van der Waals surface area contributed by atoms with Crippen molar-refractivity contribution in [1.82, 2.24) is 10.2 Å². The molecule has 4 nitrogen and oxygen atoms in total. The highest BCUT2D eigenvalue weighted by molar-refractivity contribution is 5.95. The molecule has 1 fully saturated rings. The van der Waals surface area contributed by atoms with Crippen LogP contribution >= 0.6 is 0 Å². The highest BCUT2D eigenvalue weighted by Crippen LogP contribution is 2.21. The largest absolute Gasteiger partial charge is 0.382 e. The zero-order chi connectivity index (χ0) is 15.2. The maximum Gasteiger partial charge on any atom is 0.251 e. The first-order valence-electron chi connectivity index (χ1n) is 8.01. The van der Waals surface area contributed by atoms with Crippen molar-refractivity contribution in [2.24, 2.45) is 0 Å². The maximum atomic E-state index is 11.9. The number of hydrogen-bond acceptors (Lipinski definition) is 3. The normalized spacial score (nSPS) is 16.7. The molecule has 116 valence electrons. The molecule has 1 aromatic carbocycles. The van der Waals surface area contributed by atoms with E-state index in [4.69, 9.17) is 0 Å². The fourth-order valence-corrected chi connectivity index (χ4v) is 2.79. The molecule has 1 heterocycles. The lowest BCUT2D eigenvalue weighted by Gasteiger charge is -2.32. The predicted molar refractivity (Wildman–Crippen MR) is 87.9 cm³/mol. The maximum absolute atomic E-state index is 11.9. The summed E-state index contributed by atoms with van der Waals surface area (Å²) in [6.45, 7) is 10.3. The summed E-state index contributed by atoms with van der Waals surface area (Å²) in [4.78, 5) is 14.4.